The smallest absolute Gasteiger partial charge is 0.350 e. The molecule has 0 aromatic carbocycles. The van der Waals surface area contributed by atoms with Crippen molar-refractivity contribution in [3.63, 3.8) is 0 Å². The van der Waals surface area contributed by atoms with Crippen LogP contribution in [0.2, 0.25) is 0 Å². The molecule has 6 nitrogen and oxygen atoms in total. The lowest BCUT2D eigenvalue weighted by Crippen LogP contribution is -2.48. The summed E-state index contributed by atoms with van der Waals surface area (Å²) in [6.07, 6.45) is 14.6. The van der Waals surface area contributed by atoms with Gasteiger partial charge in [-0.15, -0.1) is 0 Å². The lowest BCUT2D eigenvalue weighted by atomic mass is 9.78. The molecule has 6 heteroatoms. The maximum absolute atomic E-state index is 12.8. The molecule has 1 fully saturated rings. The Balaban J connectivity index is 2.43. The van der Waals surface area contributed by atoms with Gasteiger partial charge in [0.1, 0.15) is 0 Å². The van der Waals surface area contributed by atoms with Gasteiger partial charge in [0, 0.05) is 6.08 Å². The lowest BCUT2D eigenvalue weighted by Gasteiger charge is -2.36. The molecule has 0 aliphatic heterocycles. The zero-order valence-corrected chi connectivity index (χ0v) is 20.3. The van der Waals surface area contributed by atoms with Crippen LogP contribution in [-0.2, 0) is 28.6 Å². The summed E-state index contributed by atoms with van der Waals surface area (Å²) in [7, 11) is 0. The van der Waals surface area contributed by atoms with Crippen LogP contribution in [0.25, 0.3) is 0 Å². The summed E-state index contributed by atoms with van der Waals surface area (Å²) in [5, 5.41) is 0. The summed E-state index contributed by atoms with van der Waals surface area (Å²) >= 11 is 0. The Hall–Kier alpha value is -1.85. The van der Waals surface area contributed by atoms with Crippen molar-refractivity contribution in [2.45, 2.75) is 116 Å². The van der Waals surface area contributed by atoms with E-state index in [-0.39, 0.29) is 24.7 Å². The number of rotatable bonds is 17. The van der Waals surface area contributed by atoms with Gasteiger partial charge in [0.2, 0.25) is 5.60 Å². The highest BCUT2D eigenvalue weighted by Gasteiger charge is 2.48. The molecule has 0 amide bonds. The maximum atomic E-state index is 12.8. The van der Waals surface area contributed by atoms with Crippen LogP contribution in [0, 0.1) is 5.92 Å². The number of esters is 3. The van der Waals surface area contributed by atoms with Crippen molar-refractivity contribution >= 4 is 17.9 Å². The minimum absolute atomic E-state index is 0.215. The molecule has 184 valence electrons. The summed E-state index contributed by atoms with van der Waals surface area (Å²) in [6, 6.07) is 0. The van der Waals surface area contributed by atoms with E-state index in [9.17, 15) is 14.4 Å². The predicted octanol–water partition coefficient (Wildman–Crippen LogP) is 6.06. The monoisotopic (exact) mass is 452 g/mol. The Bertz CT molecular complexity index is 563. The second kappa shape index (κ2) is 16.7. The van der Waals surface area contributed by atoms with Crippen molar-refractivity contribution in [2.24, 2.45) is 5.92 Å². The second-order valence-electron chi connectivity index (χ2n) is 8.88. The Labute approximate surface area is 194 Å². The van der Waals surface area contributed by atoms with Gasteiger partial charge in [-0.2, -0.15) is 0 Å². The fraction of sp³-hybridized carbons (Fsp3) is 0.808. The number of ether oxygens (including phenoxy) is 3. The van der Waals surface area contributed by atoms with Gasteiger partial charge in [-0.25, -0.2) is 9.59 Å². The van der Waals surface area contributed by atoms with Crippen LogP contribution in [0.1, 0.15) is 110 Å². The van der Waals surface area contributed by atoms with E-state index in [4.69, 9.17) is 14.2 Å². The highest BCUT2D eigenvalue weighted by atomic mass is 16.6. The van der Waals surface area contributed by atoms with Gasteiger partial charge in [0.05, 0.1) is 19.1 Å². The Morgan fingerprint density at radius 2 is 1.31 bits per heavy atom. The van der Waals surface area contributed by atoms with Gasteiger partial charge in [-0.05, 0) is 38.5 Å². The van der Waals surface area contributed by atoms with Crippen molar-refractivity contribution < 1.29 is 28.6 Å². The van der Waals surface area contributed by atoms with Gasteiger partial charge < -0.3 is 14.2 Å². The van der Waals surface area contributed by atoms with E-state index in [1.807, 2.05) is 0 Å². The number of hydrogen-bond donors (Lipinski definition) is 0. The van der Waals surface area contributed by atoms with E-state index in [2.05, 4.69) is 20.4 Å². The number of unbranched alkanes of at least 4 members (excludes halogenated alkanes) is 9. The van der Waals surface area contributed by atoms with E-state index in [1.54, 1.807) is 0 Å². The van der Waals surface area contributed by atoms with Crippen molar-refractivity contribution in [2.75, 3.05) is 13.2 Å². The quantitative estimate of drug-likeness (QED) is 0.115. The molecule has 1 aliphatic carbocycles. The molecule has 0 N–H and O–H groups in total. The average molecular weight is 453 g/mol. The first-order chi connectivity index (χ1) is 15.5. The maximum Gasteiger partial charge on any atom is 0.350 e. The van der Waals surface area contributed by atoms with Crippen LogP contribution >= 0.6 is 0 Å². The second-order valence-corrected chi connectivity index (χ2v) is 8.88. The highest BCUT2D eigenvalue weighted by molar-refractivity contribution is 5.88. The molecule has 1 aliphatic rings. The molecule has 0 heterocycles. The van der Waals surface area contributed by atoms with Crippen LogP contribution in [0.3, 0.4) is 0 Å². The zero-order chi connectivity index (χ0) is 23.7. The van der Waals surface area contributed by atoms with Crippen molar-refractivity contribution in [1.29, 1.82) is 0 Å². The van der Waals surface area contributed by atoms with Crippen LogP contribution in [0.4, 0.5) is 0 Å². The molecule has 0 saturated heterocycles. The third-order valence-electron chi connectivity index (χ3n) is 6.18. The van der Waals surface area contributed by atoms with Crippen molar-refractivity contribution in [3.8, 4) is 0 Å². The van der Waals surface area contributed by atoms with Gasteiger partial charge in [-0.3, -0.25) is 4.79 Å². The van der Waals surface area contributed by atoms with Crippen molar-refractivity contribution in [1.82, 2.24) is 0 Å². The third-order valence-corrected chi connectivity index (χ3v) is 6.18. The Morgan fingerprint density at radius 3 is 1.88 bits per heavy atom. The average Bonchev–Trinajstić information content (AvgIpc) is 2.80. The fourth-order valence-corrected chi connectivity index (χ4v) is 4.08. The summed E-state index contributed by atoms with van der Waals surface area (Å²) in [5.74, 6) is -1.65. The molecular formula is C26H44O6. The molecule has 32 heavy (non-hydrogen) atoms. The molecular weight excluding hydrogens is 408 g/mol. The van der Waals surface area contributed by atoms with E-state index < -0.39 is 17.5 Å². The van der Waals surface area contributed by atoms with E-state index in [0.29, 0.717) is 26.1 Å². The van der Waals surface area contributed by atoms with E-state index >= 15 is 0 Å². The van der Waals surface area contributed by atoms with Crippen LogP contribution in [0.15, 0.2) is 12.7 Å². The lowest BCUT2D eigenvalue weighted by molar-refractivity contribution is -0.186. The van der Waals surface area contributed by atoms with E-state index in [1.165, 1.54) is 32.1 Å². The number of carbonyl (C=O) groups excluding carboxylic acids is 3. The first kappa shape index (κ1) is 28.2. The van der Waals surface area contributed by atoms with Crippen LogP contribution in [-0.4, -0.2) is 36.7 Å². The first-order valence-electron chi connectivity index (χ1n) is 12.7. The standard InChI is InChI=1S/C26H44O6/c1-4-7-9-11-12-13-15-20-30-24(28)22-16-18-26(19-17-22,32-23(27)6-3)25(29)31-21-14-10-8-5-2/h6,22H,3-5,7-21H2,1-2H3. The molecule has 0 unspecified atom stereocenters. The predicted molar refractivity (Wildman–Crippen MR) is 125 cm³/mol. The van der Waals surface area contributed by atoms with Gasteiger partial charge in [0.15, 0.2) is 0 Å². The van der Waals surface area contributed by atoms with Gasteiger partial charge in [0.25, 0.3) is 0 Å². The molecule has 1 rings (SSSR count). The summed E-state index contributed by atoms with van der Waals surface area (Å²) in [5.41, 5.74) is -1.33. The topological polar surface area (TPSA) is 78.9 Å². The van der Waals surface area contributed by atoms with Crippen molar-refractivity contribution in [3.05, 3.63) is 12.7 Å². The zero-order valence-electron chi connectivity index (χ0n) is 20.3. The minimum atomic E-state index is -1.33. The molecule has 0 atom stereocenters. The van der Waals surface area contributed by atoms with Crippen LogP contribution < -0.4 is 0 Å². The summed E-state index contributed by atoms with van der Waals surface area (Å²) in [4.78, 5) is 37.1. The molecule has 0 radical (unpaired) electrons. The number of carbonyl (C=O) groups is 3. The molecule has 0 spiro atoms. The van der Waals surface area contributed by atoms with E-state index in [0.717, 1.165) is 44.6 Å². The minimum Gasteiger partial charge on any atom is -0.465 e. The normalized spacial score (nSPS) is 20.4. The molecule has 0 aromatic heterocycles. The molecule has 1 saturated carbocycles. The summed E-state index contributed by atoms with van der Waals surface area (Å²) in [6.45, 7) is 8.51. The fourth-order valence-electron chi connectivity index (χ4n) is 4.08. The molecule has 0 bridgehead atoms. The van der Waals surface area contributed by atoms with Gasteiger partial charge in [-0.1, -0.05) is 78.2 Å². The SMILES string of the molecule is C=CC(=O)OC1(C(=O)OCCCCCC)CCC(C(=O)OCCCCCCCCC)CC1. The first-order valence-corrected chi connectivity index (χ1v) is 12.7. The Kier molecular flexibility index (Phi) is 14.7. The van der Waals surface area contributed by atoms with Gasteiger partial charge >= 0.3 is 17.9 Å². The summed E-state index contributed by atoms with van der Waals surface area (Å²) < 4.78 is 16.4. The highest BCUT2D eigenvalue weighted by Crippen LogP contribution is 2.37. The largest absolute Gasteiger partial charge is 0.465 e. The van der Waals surface area contributed by atoms with Crippen LogP contribution in [0.5, 0.6) is 0 Å². The third kappa shape index (κ3) is 10.6. The number of hydrogen-bond acceptors (Lipinski definition) is 6. The Morgan fingerprint density at radius 1 is 0.812 bits per heavy atom. The molecule has 0 aromatic rings.